The van der Waals surface area contributed by atoms with Crippen molar-refractivity contribution in [1.29, 1.82) is 0 Å². The van der Waals surface area contributed by atoms with Crippen molar-refractivity contribution < 1.29 is 19.1 Å². The van der Waals surface area contributed by atoms with E-state index in [9.17, 15) is 9.59 Å². The van der Waals surface area contributed by atoms with Gasteiger partial charge < -0.3 is 20.1 Å². The Kier molecular flexibility index (Phi) is 5.27. The summed E-state index contributed by atoms with van der Waals surface area (Å²) in [6, 6.07) is 7.80. The van der Waals surface area contributed by atoms with Gasteiger partial charge in [0.1, 0.15) is 5.75 Å². The lowest BCUT2D eigenvalue weighted by atomic mass is 9.68. The minimum Gasteiger partial charge on any atom is -0.497 e. The van der Waals surface area contributed by atoms with Crippen LogP contribution in [0, 0.1) is 0 Å². The van der Waals surface area contributed by atoms with Crippen LogP contribution < -0.4 is 10.5 Å². The number of benzene rings is 1. The van der Waals surface area contributed by atoms with Crippen LogP contribution in [-0.4, -0.2) is 49.6 Å². The lowest BCUT2D eigenvalue weighted by Gasteiger charge is -2.42. The Morgan fingerprint density at radius 1 is 1.20 bits per heavy atom. The fourth-order valence-corrected chi connectivity index (χ4v) is 4.00. The van der Waals surface area contributed by atoms with Gasteiger partial charge in [-0.25, -0.2) is 0 Å². The summed E-state index contributed by atoms with van der Waals surface area (Å²) in [6.45, 7) is 1.09. The number of carbonyl (C=O) groups is 2. The molecule has 2 fully saturated rings. The average molecular weight is 346 g/mol. The first-order valence-electron chi connectivity index (χ1n) is 8.92. The van der Waals surface area contributed by atoms with E-state index >= 15 is 0 Å². The number of hydrogen-bond acceptors (Lipinski definition) is 4. The van der Waals surface area contributed by atoms with E-state index in [0.29, 0.717) is 13.2 Å². The number of ether oxygens (including phenoxy) is 2. The second-order valence-corrected chi connectivity index (χ2v) is 6.88. The lowest BCUT2D eigenvalue weighted by Crippen LogP contribution is -2.56. The summed E-state index contributed by atoms with van der Waals surface area (Å²) in [6.07, 6.45) is 4.16. The molecule has 6 heteroatoms. The molecule has 1 heterocycles. The van der Waals surface area contributed by atoms with E-state index in [-0.39, 0.29) is 12.5 Å². The third-order valence-corrected chi connectivity index (χ3v) is 5.43. The molecule has 1 aromatic rings. The topological polar surface area (TPSA) is 81.9 Å². The molecule has 2 aliphatic rings. The van der Waals surface area contributed by atoms with Gasteiger partial charge in [0, 0.05) is 6.54 Å². The van der Waals surface area contributed by atoms with E-state index in [4.69, 9.17) is 15.2 Å². The molecular weight excluding hydrogens is 320 g/mol. The molecule has 1 saturated heterocycles. The van der Waals surface area contributed by atoms with E-state index in [1.165, 1.54) is 0 Å². The van der Waals surface area contributed by atoms with E-state index < -0.39 is 17.4 Å². The van der Waals surface area contributed by atoms with Crippen LogP contribution in [0.1, 0.15) is 37.7 Å². The van der Waals surface area contributed by atoms with Crippen molar-refractivity contribution in [2.45, 2.75) is 43.6 Å². The maximum atomic E-state index is 13.5. The molecule has 6 nitrogen and oxygen atoms in total. The van der Waals surface area contributed by atoms with Crippen LogP contribution in [0.4, 0.5) is 0 Å². The fraction of sp³-hybridized carbons (Fsp3) is 0.579. The van der Waals surface area contributed by atoms with Crippen molar-refractivity contribution in [2.24, 2.45) is 5.73 Å². The first kappa shape index (κ1) is 17.7. The molecule has 0 bridgehead atoms. The van der Waals surface area contributed by atoms with Gasteiger partial charge in [-0.05, 0) is 30.5 Å². The maximum Gasteiger partial charge on any atom is 0.248 e. The summed E-state index contributed by atoms with van der Waals surface area (Å²) >= 11 is 0. The zero-order valence-electron chi connectivity index (χ0n) is 14.7. The predicted molar refractivity (Wildman–Crippen MR) is 93.3 cm³/mol. The van der Waals surface area contributed by atoms with Crippen LogP contribution in [-0.2, 0) is 19.7 Å². The Morgan fingerprint density at radius 3 is 2.48 bits per heavy atom. The minimum atomic E-state index is -0.714. The Labute approximate surface area is 148 Å². The van der Waals surface area contributed by atoms with Crippen LogP contribution in [0.15, 0.2) is 24.3 Å². The summed E-state index contributed by atoms with van der Waals surface area (Å²) in [5.74, 6) is 0.355. The smallest absolute Gasteiger partial charge is 0.248 e. The first-order chi connectivity index (χ1) is 12.1. The number of rotatable bonds is 4. The Bertz CT molecular complexity index is 623. The van der Waals surface area contributed by atoms with Crippen molar-refractivity contribution in [1.82, 2.24) is 4.90 Å². The normalized spacial score (nSPS) is 23.1. The molecule has 25 heavy (non-hydrogen) atoms. The van der Waals surface area contributed by atoms with Gasteiger partial charge in [-0.15, -0.1) is 0 Å². The number of amides is 2. The molecule has 1 aliphatic heterocycles. The zero-order chi connectivity index (χ0) is 17.9. The zero-order valence-corrected chi connectivity index (χ0v) is 14.7. The highest BCUT2D eigenvalue weighted by Crippen LogP contribution is 2.41. The Balaban J connectivity index is 1.88. The van der Waals surface area contributed by atoms with E-state index in [1.807, 2.05) is 24.3 Å². The number of nitrogens with two attached hydrogens (primary N) is 1. The van der Waals surface area contributed by atoms with Gasteiger partial charge >= 0.3 is 0 Å². The molecule has 0 aromatic heterocycles. The van der Waals surface area contributed by atoms with Crippen molar-refractivity contribution in [3.05, 3.63) is 29.8 Å². The Morgan fingerprint density at radius 2 is 1.88 bits per heavy atom. The number of methoxy groups -OCH3 is 1. The van der Waals surface area contributed by atoms with E-state index in [2.05, 4.69) is 0 Å². The van der Waals surface area contributed by atoms with Crippen LogP contribution >= 0.6 is 0 Å². The van der Waals surface area contributed by atoms with Crippen molar-refractivity contribution >= 4 is 11.8 Å². The molecule has 0 spiro atoms. The van der Waals surface area contributed by atoms with E-state index in [0.717, 1.165) is 43.4 Å². The van der Waals surface area contributed by atoms with Crippen molar-refractivity contribution in [3.8, 4) is 5.75 Å². The maximum absolute atomic E-state index is 13.5. The largest absolute Gasteiger partial charge is 0.497 e. The van der Waals surface area contributed by atoms with Gasteiger partial charge in [0.15, 0.2) is 6.10 Å². The second-order valence-electron chi connectivity index (χ2n) is 6.88. The predicted octanol–water partition coefficient (Wildman–Crippen LogP) is 1.61. The van der Waals surface area contributed by atoms with Crippen molar-refractivity contribution in [3.63, 3.8) is 0 Å². The molecule has 1 aromatic carbocycles. The molecule has 0 unspecified atom stereocenters. The molecule has 0 radical (unpaired) electrons. The molecule has 1 saturated carbocycles. The number of nitrogens with zero attached hydrogens (tertiary/aromatic N) is 1. The highest BCUT2D eigenvalue weighted by atomic mass is 16.5. The van der Waals surface area contributed by atoms with Gasteiger partial charge in [0.25, 0.3) is 0 Å². The molecule has 2 N–H and O–H groups in total. The Hall–Kier alpha value is -2.08. The number of hydrogen-bond donors (Lipinski definition) is 1. The van der Waals surface area contributed by atoms with Crippen LogP contribution in [0.3, 0.4) is 0 Å². The van der Waals surface area contributed by atoms with Gasteiger partial charge in [-0.3, -0.25) is 9.59 Å². The SMILES string of the molecule is COc1ccc(C2(C(=O)N3CCO[C@H](C(N)=O)C3)CCCCC2)cc1. The monoisotopic (exact) mass is 346 g/mol. The molecule has 2 amide bonds. The van der Waals surface area contributed by atoms with E-state index in [1.54, 1.807) is 12.0 Å². The summed E-state index contributed by atoms with van der Waals surface area (Å²) < 4.78 is 10.6. The van der Waals surface area contributed by atoms with Crippen molar-refractivity contribution in [2.75, 3.05) is 26.8 Å². The fourth-order valence-electron chi connectivity index (χ4n) is 4.00. The molecule has 1 atom stereocenters. The summed E-state index contributed by atoms with van der Waals surface area (Å²) in [5, 5.41) is 0. The average Bonchev–Trinajstić information content (AvgIpc) is 2.68. The standard InChI is InChI=1S/C19H26N2O4/c1-24-15-7-5-14(6-8-15)19(9-3-2-4-10-19)18(23)21-11-12-25-16(13-21)17(20)22/h5-8,16H,2-4,9-13H2,1H3,(H2,20,22)/t16-/m0/s1. The molecule has 136 valence electrons. The molecular formula is C19H26N2O4. The number of primary amides is 1. The van der Waals surface area contributed by atoms with Gasteiger partial charge in [0.2, 0.25) is 11.8 Å². The summed E-state index contributed by atoms with van der Waals surface area (Å²) in [5.41, 5.74) is 5.87. The summed E-state index contributed by atoms with van der Waals surface area (Å²) in [4.78, 5) is 26.7. The lowest BCUT2D eigenvalue weighted by molar-refractivity contribution is -0.150. The third kappa shape index (κ3) is 3.49. The highest BCUT2D eigenvalue weighted by molar-refractivity contribution is 5.89. The minimum absolute atomic E-state index is 0.0897. The van der Waals surface area contributed by atoms with Crippen LogP contribution in [0.2, 0.25) is 0 Å². The number of morpholine rings is 1. The molecule has 3 rings (SSSR count). The van der Waals surface area contributed by atoms with Gasteiger partial charge in [-0.1, -0.05) is 31.4 Å². The molecule has 1 aliphatic carbocycles. The number of carbonyl (C=O) groups excluding carboxylic acids is 2. The van der Waals surface area contributed by atoms with Gasteiger partial charge in [0.05, 0.1) is 25.7 Å². The van der Waals surface area contributed by atoms with Gasteiger partial charge in [-0.2, -0.15) is 0 Å². The summed E-state index contributed by atoms with van der Waals surface area (Å²) in [7, 11) is 1.63. The highest BCUT2D eigenvalue weighted by Gasteiger charge is 2.44. The van der Waals surface area contributed by atoms with Crippen LogP contribution in [0.5, 0.6) is 5.75 Å². The quantitative estimate of drug-likeness (QED) is 0.898. The third-order valence-electron chi connectivity index (χ3n) is 5.43. The first-order valence-corrected chi connectivity index (χ1v) is 8.92. The van der Waals surface area contributed by atoms with Crippen LogP contribution in [0.25, 0.3) is 0 Å². The second kappa shape index (κ2) is 7.44.